The SMILES string of the molecule is CC1(C)c2cc3ccccc3cc2-c2c(-c3ccc(-c4ccc(-c5cc(-c6ccccc6)nc(-c6ccccc6)n5)c5ccccc45)cc3)cccc21. The molecule has 2 heteroatoms. The highest BCUT2D eigenvalue weighted by atomic mass is 14.9. The fourth-order valence-electron chi connectivity index (χ4n) is 8.38. The van der Waals surface area contributed by atoms with Crippen LogP contribution in [0.25, 0.3) is 88.8 Å². The zero-order chi connectivity index (χ0) is 35.5. The molecule has 8 aromatic carbocycles. The van der Waals surface area contributed by atoms with Gasteiger partial charge in [0.05, 0.1) is 11.4 Å². The summed E-state index contributed by atoms with van der Waals surface area (Å²) in [7, 11) is 0. The van der Waals surface area contributed by atoms with Gasteiger partial charge in [0, 0.05) is 22.1 Å². The Kier molecular flexibility index (Phi) is 7.19. The first-order chi connectivity index (χ1) is 26.0. The lowest BCUT2D eigenvalue weighted by molar-refractivity contribution is 0.661. The second-order valence-electron chi connectivity index (χ2n) is 14.6. The van der Waals surface area contributed by atoms with E-state index in [9.17, 15) is 0 Å². The van der Waals surface area contributed by atoms with Gasteiger partial charge in [-0.3, -0.25) is 0 Å². The zero-order valence-electron chi connectivity index (χ0n) is 29.7. The molecule has 1 aliphatic rings. The molecule has 0 fully saturated rings. The molecule has 10 rings (SSSR count). The summed E-state index contributed by atoms with van der Waals surface area (Å²) in [6, 6.07) is 65.4. The summed E-state index contributed by atoms with van der Waals surface area (Å²) in [6.45, 7) is 4.72. The molecular formula is C51H36N2. The molecule has 0 bridgehead atoms. The Labute approximate surface area is 310 Å². The zero-order valence-corrected chi connectivity index (χ0v) is 29.7. The lowest BCUT2D eigenvalue weighted by Crippen LogP contribution is -2.14. The van der Waals surface area contributed by atoms with E-state index in [-0.39, 0.29) is 5.41 Å². The van der Waals surface area contributed by atoms with Gasteiger partial charge in [-0.15, -0.1) is 0 Å². The minimum absolute atomic E-state index is 0.0707. The maximum Gasteiger partial charge on any atom is 0.160 e. The van der Waals surface area contributed by atoms with Crippen LogP contribution in [0, 0.1) is 0 Å². The molecule has 1 aromatic heterocycles. The van der Waals surface area contributed by atoms with E-state index < -0.39 is 0 Å². The first-order valence-electron chi connectivity index (χ1n) is 18.3. The van der Waals surface area contributed by atoms with E-state index >= 15 is 0 Å². The van der Waals surface area contributed by atoms with Crippen LogP contribution in [-0.2, 0) is 5.41 Å². The molecule has 9 aromatic rings. The number of nitrogens with zero attached hydrogens (tertiary/aromatic N) is 2. The van der Waals surface area contributed by atoms with Crippen molar-refractivity contribution < 1.29 is 0 Å². The molecule has 0 aliphatic heterocycles. The van der Waals surface area contributed by atoms with Crippen molar-refractivity contribution in [3.63, 3.8) is 0 Å². The molecule has 0 unspecified atom stereocenters. The number of rotatable bonds is 5. The van der Waals surface area contributed by atoms with Gasteiger partial charge >= 0.3 is 0 Å². The summed E-state index contributed by atoms with van der Waals surface area (Å²) in [4.78, 5) is 10.2. The van der Waals surface area contributed by atoms with Crippen molar-refractivity contribution in [3.05, 3.63) is 193 Å². The topological polar surface area (TPSA) is 25.8 Å². The van der Waals surface area contributed by atoms with Crippen LogP contribution in [0.2, 0.25) is 0 Å². The average Bonchev–Trinajstić information content (AvgIpc) is 3.45. The van der Waals surface area contributed by atoms with Gasteiger partial charge < -0.3 is 0 Å². The van der Waals surface area contributed by atoms with Gasteiger partial charge in [-0.05, 0) is 84.3 Å². The van der Waals surface area contributed by atoms with Crippen molar-refractivity contribution in [3.8, 4) is 67.3 Å². The minimum Gasteiger partial charge on any atom is -0.228 e. The predicted octanol–water partition coefficient (Wildman–Crippen LogP) is 13.4. The number of benzene rings is 8. The summed E-state index contributed by atoms with van der Waals surface area (Å²) >= 11 is 0. The largest absolute Gasteiger partial charge is 0.228 e. The Hall–Kier alpha value is -6.64. The molecule has 2 nitrogen and oxygen atoms in total. The molecular weight excluding hydrogens is 641 g/mol. The van der Waals surface area contributed by atoms with Gasteiger partial charge in [0.25, 0.3) is 0 Å². The predicted molar refractivity (Wildman–Crippen MR) is 222 cm³/mol. The quantitative estimate of drug-likeness (QED) is 0.181. The summed E-state index contributed by atoms with van der Waals surface area (Å²) in [5, 5.41) is 4.94. The first-order valence-corrected chi connectivity index (χ1v) is 18.3. The van der Waals surface area contributed by atoms with Crippen LogP contribution >= 0.6 is 0 Å². The van der Waals surface area contributed by atoms with Crippen LogP contribution in [0.3, 0.4) is 0 Å². The summed E-state index contributed by atoms with van der Waals surface area (Å²) < 4.78 is 0. The standard InChI is InChI=1S/C51H36N2/c1-51(2)45-23-13-22-40(49(45)44-30-37-18-9-10-19-38(37)31-46(44)51)34-26-24-33(25-27-34)39-28-29-43(42-21-12-11-20-41(39)42)48-32-47(35-14-5-3-6-15-35)52-50(53-48)36-16-7-4-8-17-36/h3-32H,1-2H3. The number of hydrogen-bond donors (Lipinski definition) is 0. The van der Waals surface area contributed by atoms with Gasteiger partial charge in [0.2, 0.25) is 0 Å². The fraction of sp³-hybridized carbons (Fsp3) is 0.0588. The Balaban J connectivity index is 1.07. The summed E-state index contributed by atoms with van der Waals surface area (Å²) in [6.07, 6.45) is 0. The smallest absolute Gasteiger partial charge is 0.160 e. The first kappa shape index (κ1) is 31.1. The molecule has 53 heavy (non-hydrogen) atoms. The molecule has 0 amide bonds. The van der Waals surface area contributed by atoms with Crippen molar-refractivity contribution in [2.45, 2.75) is 19.3 Å². The molecule has 1 aliphatic carbocycles. The Morgan fingerprint density at radius 3 is 1.64 bits per heavy atom. The monoisotopic (exact) mass is 676 g/mol. The summed E-state index contributed by atoms with van der Waals surface area (Å²) in [5.74, 6) is 0.720. The van der Waals surface area contributed by atoms with Crippen LogP contribution in [0.15, 0.2) is 182 Å². The van der Waals surface area contributed by atoms with E-state index in [1.807, 2.05) is 24.3 Å². The Morgan fingerprint density at radius 2 is 0.925 bits per heavy atom. The Morgan fingerprint density at radius 1 is 0.358 bits per heavy atom. The minimum atomic E-state index is -0.0707. The van der Waals surface area contributed by atoms with Gasteiger partial charge in [0.1, 0.15) is 0 Å². The molecule has 0 saturated heterocycles. The maximum atomic E-state index is 5.16. The molecule has 0 atom stereocenters. The third kappa shape index (κ3) is 5.18. The van der Waals surface area contributed by atoms with Crippen molar-refractivity contribution >= 4 is 21.5 Å². The number of aromatic nitrogens is 2. The van der Waals surface area contributed by atoms with Crippen LogP contribution in [-0.4, -0.2) is 9.97 Å². The number of fused-ring (bicyclic) bond motifs is 5. The van der Waals surface area contributed by atoms with Crippen LogP contribution in [0.1, 0.15) is 25.0 Å². The van der Waals surface area contributed by atoms with Crippen LogP contribution in [0.4, 0.5) is 0 Å². The van der Waals surface area contributed by atoms with Crippen molar-refractivity contribution in [1.29, 1.82) is 0 Å². The second-order valence-corrected chi connectivity index (χ2v) is 14.6. The fourth-order valence-corrected chi connectivity index (χ4v) is 8.38. The third-order valence-corrected chi connectivity index (χ3v) is 11.1. The van der Waals surface area contributed by atoms with Crippen LogP contribution < -0.4 is 0 Å². The molecule has 0 radical (unpaired) electrons. The molecule has 250 valence electrons. The average molecular weight is 677 g/mol. The molecule has 0 saturated carbocycles. The van der Waals surface area contributed by atoms with E-state index in [4.69, 9.17) is 9.97 Å². The maximum absolute atomic E-state index is 5.16. The van der Waals surface area contributed by atoms with Gasteiger partial charge in [-0.2, -0.15) is 0 Å². The van der Waals surface area contributed by atoms with Crippen molar-refractivity contribution in [2.24, 2.45) is 0 Å². The van der Waals surface area contributed by atoms with Gasteiger partial charge in [-0.1, -0.05) is 178 Å². The number of hydrogen-bond acceptors (Lipinski definition) is 2. The lowest BCUT2D eigenvalue weighted by atomic mass is 9.81. The highest BCUT2D eigenvalue weighted by Gasteiger charge is 2.37. The van der Waals surface area contributed by atoms with Crippen molar-refractivity contribution in [2.75, 3.05) is 0 Å². The van der Waals surface area contributed by atoms with E-state index in [1.54, 1.807) is 0 Å². The van der Waals surface area contributed by atoms with Crippen molar-refractivity contribution in [1.82, 2.24) is 9.97 Å². The van der Waals surface area contributed by atoms with Crippen LogP contribution in [0.5, 0.6) is 0 Å². The molecule has 1 heterocycles. The lowest BCUT2D eigenvalue weighted by Gasteiger charge is -2.22. The summed E-state index contributed by atoms with van der Waals surface area (Å²) in [5.41, 5.74) is 15.3. The normalized spacial score (nSPS) is 12.9. The highest BCUT2D eigenvalue weighted by Crippen LogP contribution is 2.53. The third-order valence-electron chi connectivity index (χ3n) is 11.1. The molecule has 0 N–H and O–H groups in total. The Bertz CT molecular complexity index is 2780. The second kappa shape index (κ2) is 12.3. The van der Waals surface area contributed by atoms with E-state index in [0.29, 0.717) is 0 Å². The van der Waals surface area contributed by atoms with E-state index in [0.717, 1.165) is 39.3 Å². The molecule has 0 spiro atoms. The van der Waals surface area contributed by atoms with E-state index in [1.165, 1.54) is 60.7 Å². The highest BCUT2D eigenvalue weighted by molar-refractivity contribution is 6.05. The van der Waals surface area contributed by atoms with E-state index in [2.05, 4.69) is 172 Å². The van der Waals surface area contributed by atoms with Gasteiger partial charge in [0.15, 0.2) is 5.82 Å². The van der Waals surface area contributed by atoms with Gasteiger partial charge in [-0.25, -0.2) is 9.97 Å².